The summed E-state index contributed by atoms with van der Waals surface area (Å²) in [6.45, 7) is 3.42. The van der Waals surface area contributed by atoms with E-state index in [-0.39, 0.29) is 5.91 Å². The molecule has 7 nitrogen and oxygen atoms in total. The number of carbonyl (C=O) groups is 2. The molecule has 0 atom stereocenters. The van der Waals surface area contributed by atoms with Crippen molar-refractivity contribution in [2.75, 3.05) is 14.2 Å². The molecule has 1 N–H and O–H groups in total. The second-order valence-corrected chi connectivity index (χ2v) is 6.56. The number of hydrogen-bond acceptors (Lipinski definition) is 6. The first-order valence-electron chi connectivity index (χ1n) is 8.97. The van der Waals surface area contributed by atoms with Crippen molar-refractivity contribution in [2.45, 2.75) is 13.8 Å². The topological polar surface area (TPSA) is 90.9 Å². The summed E-state index contributed by atoms with van der Waals surface area (Å²) in [5.41, 5.74) is 1.82. The third-order valence-electron chi connectivity index (χ3n) is 4.78. The van der Waals surface area contributed by atoms with Gasteiger partial charge in [0.1, 0.15) is 39.7 Å². The number of furan rings is 2. The minimum atomic E-state index is -0.541. The van der Waals surface area contributed by atoms with Gasteiger partial charge in [-0.15, -0.1) is 0 Å². The Kier molecular flexibility index (Phi) is 4.50. The van der Waals surface area contributed by atoms with E-state index in [1.165, 1.54) is 0 Å². The van der Waals surface area contributed by atoms with Crippen LogP contribution in [-0.4, -0.2) is 26.0 Å². The molecule has 0 fully saturated rings. The summed E-state index contributed by atoms with van der Waals surface area (Å²) in [6, 6.07) is 10.2. The van der Waals surface area contributed by atoms with Crippen LogP contribution in [0.1, 0.15) is 32.2 Å². The largest absolute Gasteiger partial charge is 0.497 e. The zero-order valence-corrected chi connectivity index (χ0v) is 16.4. The van der Waals surface area contributed by atoms with Gasteiger partial charge in [-0.05, 0) is 38.1 Å². The minimum absolute atomic E-state index is 0.234. The van der Waals surface area contributed by atoms with E-state index < -0.39 is 5.97 Å². The highest BCUT2D eigenvalue weighted by atomic mass is 16.5. The molecule has 2 aromatic carbocycles. The number of aryl methyl sites for hydroxylation is 2. The Bertz CT molecular complexity index is 1260. The highest BCUT2D eigenvalue weighted by Crippen LogP contribution is 2.32. The summed E-state index contributed by atoms with van der Waals surface area (Å²) in [5, 5.41) is 3.89. The molecule has 0 saturated heterocycles. The Morgan fingerprint density at radius 1 is 0.862 bits per heavy atom. The molecule has 2 aromatic heterocycles. The van der Waals surface area contributed by atoms with Gasteiger partial charge in [0.25, 0.3) is 5.91 Å². The molecule has 0 spiro atoms. The number of carbonyl (C=O) groups excluding carboxylic acids is 2. The van der Waals surface area contributed by atoms with Crippen LogP contribution in [0.15, 0.2) is 45.2 Å². The van der Waals surface area contributed by atoms with E-state index in [1.54, 1.807) is 64.4 Å². The molecule has 4 aromatic rings. The van der Waals surface area contributed by atoms with Gasteiger partial charge >= 0.3 is 5.97 Å². The van der Waals surface area contributed by atoms with Crippen LogP contribution in [0.25, 0.3) is 21.9 Å². The number of rotatable bonds is 4. The molecule has 0 bridgehead atoms. The van der Waals surface area contributed by atoms with E-state index in [0.717, 1.165) is 0 Å². The smallest absolute Gasteiger partial charge is 0.347 e. The van der Waals surface area contributed by atoms with Gasteiger partial charge in [0.15, 0.2) is 0 Å². The Balaban J connectivity index is 1.68. The van der Waals surface area contributed by atoms with Crippen molar-refractivity contribution in [1.29, 1.82) is 0 Å². The van der Waals surface area contributed by atoms with Crippen molar-refractivity contribution in [2.24, 2.45) is 0 Å². The van der Waals surface area contributed by atoms with Crippen molar-refractivity contribution >= 4 is 33.8 Å². The molecule has 0 aliphatic carbocycles. The molecule has 0 saturated carbocycles. The Labute approximate surface area is 166 Å². The quantitative estimate of drug-likeness (QED) is 0.409. The van der Waals surface area contributed by atoms with Gasteiger partial charge in [-0.3, -0.25) is 4.79 Å². The highest BCUT2D eigenvalue weighted by Gasteiger charge is 2.22. The van der Waals surface area contributed by atoms with Crippen molar-refractivity contribution in [3.05, 3.63) is 59.0 Å². The van der Waals surface area contributed by atoms with Gasteiger partial charge in [-0.2, -0.15) is 0 Å². The number of nitrogens with one attached hydrogen (secondary N) is 1. The molecular weight excluding hydrogens is 374 g/mol. The van der Waals surface area contributed by atoms with Crippen molar-refractivity contribution in [3.63, 3.8) is 0 Å². The van der Waals surface area contributed by atoms with Crippen LogP contribution < -0.4 is 14.8 Å². The highest BCUT2D eigenvalue weighted by molar-refractivity contribution is 6.08. The lowest BCUT2D eigenvalue weighted by Gasteiger charge is -2.04. The number of hydrogen-bond donors (Lipinski definition) is 1. The van der Waals surface area contributed by atoms with Crippen molar-refractivity contribution < 1.29 is 27.9 Å². The maximum absolute atomic E-state index is 12.8. The van der Waals surface area contributed by atoms with Crippen LogP contribution in [0.2, 0.25) is 0 Å². The SMILES string of the molecule is CNC(=O)c1c(C)oc2cc(OC(=O)c3c(C)oc4cc(OC)ccc34)ccc12. The second-order valence-electron chi connectivity index (χ2n) is 6.56. The summed E-state index contributed by atoms with van der Waals surface area (Å²) < 4.78 is 22.1. The monoisotopic (exact) mass is 393 g/mol. The third kappa shape index (κ3) is 3.10. The Morgan fingerprint density at radius 2 is 1.41 bits per heavy atom. The summed E-state index contributed by atoms with van der Waals surface area (Å²) in [7, 11) is 3.12. The first-order valence-corrected chi connectivity index (χ1v) is 8.97. The lowest BCUT2D eigenvalue weighted by molar-refractivity contribution is 0.0734. The fourth-order valence-electron chi connectivity index (χ4n) is 3.41. The fraction of sp³-hybridized carbons (Fsp3) is 0.182. The number of esters is 1. The zero-order valence-electron chi connectivity index (χ0n) is 16.4. The van der Waals surface area contributed by atoms with Gasteiger partial charge in [-0.25, -0.2) is 4.79 Å². The zero-order chi connectivity index (χ0) is 20.7. The average molecular weight is 393 g/mol. The molecule has 0 aliphatic heterocycles. The van der Waals surface area contributed by atoms with Crippen LogP contribution in [0.4, 0.5) is 0 Å². The molecule has 148 valence electrons. The van der Waals surface area contributed by atoms with E-state index in [9.17, 15) is 9.59 Å². The van der Waals surface area contributed by atoms with Crippen LogP contribution in [-0.2, 0) is 0 Å². The summed E-state index contributed by atoms with van der Waals surface area (Å²) in [6.07, 6.45) is 0. The number of fused-ring (bicyclic) bond motifs is 2. The summed E-state index contributed by atoms with van der Waals surface area (Å²) in [4.78, 5) is 24.9. The third-order valence-corrected chi connectivity index (χ3v) is 4.78. The van der Waals surface area contributed by atoms with Crippen LogP contribution in [0, 0.1) is 13.8 Å². The first kappa shape index (κ1) is 18.6. The predicted octanol–water partition coefficient (Wildman–Crippen LogP) is 4.38. The second kappa shape index (κ2) is 7.01. The van der Waals surface area contributed by atoms with Crippen LogP contribution >= 0.6 is 0 Å². The molecule has 0 unspecified atom stereocenters. The maximum Gasteiger partial charge on any atom is 0.347 e. The standard InChI is InChI=1S/C22H19NO6/c1-11-19(21(24)23-3)15-8-6-14(10-18(15)27-11)29-22(25)20-12(2)28-17-9-13(26-4)5-7-16(17)20/h5-10H,1-4H3,(H,23,24). The van der Waals surface area contributed by atoms with E-state index in [2.05, 4.69) is 5.32 Å². The van der Waals surface area contributed by atoms with Crippen molar-refractivity contribution in [3.8, 4) is 11.5 Å². The lowest BCUT2D eigenvalue weighted by Crippen LogP contribution is -2.18. The lowest BCUT2D eigenvalue weighted by atomic mass is 10.1. The van der Waals surface area contributed by atoms with Gasteiger partial charge in [0.2, 0.25) is 0 Å². The van der Waals surface area contributed by atoms with Gasteiger partial charge in [0.05, 0.1) is 12.7 Å². The average Bonchev–Trinajstić information content (AvgIpc) is 3.21. The summed E-state index contributed by atoms with van der Waals surface area (Å²) in [5.74, 6) is 1.12. The number of amides is 1. The van der Waals surface area contributed by atoms with E-state index in [0.29, 0.717) is 56.1 Å². The number of benzene rings is 2. The number of ether oxygens (including phenoxy) is 2. The normalized spacial score (nSPS) is 11.0. The van der Waals surface area contributed by atoms with E-state index in [4.69, 9.17) is 18.3 Å². The Hall–Kier alpha value is -3.74. The maximum atomic E-state index is 12.8. The molecule has 0 radical (unpaired) electrons. The predicted molar refractivity (Wildman–Crippen MR) is 107 cm³/mol. The molecule has 0 aliphatic rings. The molecular formula is C22H19NO6. The minimum Gasteiger partial charge on any atom is -0.497 e. The van der Waals surface area contributed by atoms with Crippen LogP contribution in [0.3, 0.4) is 0 Å². The van der Waals surface area contributed by atoms with E-state index >= 15 is 0 Å². The van der Waals surface area contributed by atoms with Gasteiger partial charge < -0.3 is 23.6 Å². The summed E-state index contributed by atoms with van der Waals surface area (Å²) >= 11 is 0. The molecule has 29 heavy (non-hydrogen) atoms. The number of methoxy groups -OCH3 is 1. The van der Waals surface area contributed by atoms with Crippen molar-refractivity contribution in [1.82, 2.24) is 5.32 Å². The molecule has 2 heterocycles. The van der Waals surface area contributed by atoms with E-state index in [1.807, 2.05) is 0 Å². The first-order chi connectivity index (χ1) is 13.9. The van der Waals surface area contributed by atoms with Gasteiger partial charge in [0, 0.05) is 30.0 Å². The molecule has 7 heteroatoms. The fourth-order valence-corrected chi connectivity index (χ4v) is 3.41. The van der Waals surface area contributed by atoms with Crippen LogP contribution in [0.5, 0.6) is 11.5 Å². The molecule has 4 rings (SSSR count). The van der Waals surface area contributed by atoms with Gasteiger partial charge in [-0.1, -0.05) is 0 Å². The molecule has 1 amide bonds. The Morgan fingerprint density at radius 3 is 2.03 bits per heavy atom.